The van der Waals surface area contributed by atoms with Gasteiger partial charge in [0.05, 0.1) is 11.3 Å². The van der Waals surface area contributed by atoms with Crippen molar-refractivity contribution in [3.8, 4) is 0 Å². The molecule has 2 aromatic rings. The molecule has 0 spiro atoms. The molecule has 1 fully saturated rings. The zero-order valence-electron chi connectivity index (χ0n) is 22.1. The van der Waals surface area contributed by atoms with E-state index in [1.54, 1.807) is 31.1 Å². The van der Waals surface area contributed by atoms with E-state index in [1.165, 1.54) is 16.0 Å². The predicted octanol–water partition coefficient (Wildman–Crippen LogP) is 2.36. The Morgan fingerprint density at radius 1 is 1.08 bits per heavy atom. The van der Waals surface area contributed by atoms with Crippen molar-refractivity contribution in [3.63, 3.8) is 0 Å². The van der Waals surface area contributed by atoms with Crippen LogP contribution in [0.4, 0.5) is 10.5 Å². The molecule has 10 heteroatoms. The molecule has 1 saturated heterocycles. The number of carbonyl (C=O) groups is 4. The highest BCUT2D eigenvalue weighted by Gasteiger charge is 2.31. The number of hydrogen-bond acceptors (Lipinski definition) is 5. The SMILES string of the molecule is Cc1cccc(/C(=C/N(C=O)CC(=O)N2CCC(N3CCc4ccccc4NC3=O)CC2)C(=O)N(C)C)n1. The summed E-state index contributed by atoms with van der Waals surface area (Å²) in [5, 5.41) is 3.01. The van der Waals surface area contributed by atoms with Crippen LogP contribution in [-0.4, -0.2) is 95.2 Å². The molecule has 0 atom stereocenters. The minimum absolute atomic E-state index is 0.0344. The van der Waals surface area contributed by atoms with E-state index in [2.05, 4.69) is 10.3 Å². The molecule has 4 rings (SSSR count). The summed E-state index contributed by atoms with van der Waals surface area (Å²) in [6.07, 6.45) is 4.02. The van der Waals surface area contributed by atoms with Gasteiger partial charge < -0.3 is 24.9 Å². The number of aromatic nitrogens is 1. The number of likely N-dealkylation sites (N-methyl/N-ethyl adjacent to an activating group) is 1. The smallest absolute Gasteiger partial charge is 0.322 e. The van der Waals surface area contributed by atoms with Crippen LogP contribution in [0.5, 0.6) is 0 Å². The van der Waals surface area contributed by atoms with Crippen LogP contribution < -0.4 is 5.32 Å². The zero-order valence-corrected chi connectivity index (χ0v) is 22.1. The first-order chi connectivity index (χ1) is 18.3. The highest BCUT2D eigenvalue weighted by Crippen LogP contribution is 2.24. The van der Waals surface area contributed by atoms with Crippen LogP contribution in [-0.2, 0) is 20.8 Å². The second-order valence-corrected chi connectivity index (χ2v) is 9.83. The number of amides is 5. The van der Waals surface area contributed by atoms with Gasteiger partial charge in [-0.05, 0) is 49.9 Å². The molecule has 5 amide bonds. The molecular weight excluding hydrogens is 484 g/mol. The second-order valence-electron chi connectivity index (χ2n) is 9.83. The number of likely N-dealkylation sites (tertiary alicyclic amines) is 1. The molecular formula is C28H34N6O4. The number of pyridine rings is 1. The number of piperidine rings is 1. The number of hydrogen-bond donors (Lipinski definition) is 1. The monoisotopic (exact) mass is 518 g/mol. The molecule has 2 aliphatic heterocycles. The lowest BCUT2D eigenvalue weighted by molar-refractivity contribution is -0.135. The number of nitrogens with one attached hydrogen (secondary N) is 1. The Hall–Kier alpha value is -4.21. The average Bonchev–Trinajstić information content (AvgIpc) is 3.08. The number of aryl methyl sites for hydroxylation is 1. The van der Waals surface area contributed by atoms with Gasteiger partial charge >= 0.3 is 6.03 Å². The van der Waals surface area contributed by atoms with Gasteiger partial charge in [0.2, 0.25) is 12.3 Å². The van der Waals surface area contributed by atoms with E-state index in [-0.39, 0.29) is 36.0 Å². The second kappa shape index (κ2) is 11.9. The maximum atomic E-state index is 13.1. The summed E-state index contributed by atoms with van der Waals surface area (Å²) < 4.78 is 0. The van der Waals surface area contributed by atoms with Gasteiger partial charge in [0.15, 0.2) is 0 Å². The number of urea groups is 1. The molecule has 200 valence electrons. The minimum Gasteiger partial charge on any atom is -0.345 e. The molecule has 0 aliphatic carbocycles. The minimum atomic E-state index is -0.318. The third kappa shape index (κ3) is 6.19. The standard InChI is InChI=1S/C28H34N6O4/c1-20-7-6-10-25(29-20)23(27(37)31(2)3)17-32(19-35)18-26(36)33-14-12-22(13-15-33)34-16-11-21-8-4-5-9-24(21)30-28(34)38/h4-10,17,19,22H,11-16,18H2,1-3H3,(H,30,38)/b23-17-. The third-order valence-corrected chi connectivity index (χ3v) is 6.95. The van der Waals surface area contributed by atoms with Crippen molar-refractivity contribution in [1.29, 1.82) is 0 Å². The molecule has 0 saturated carbocycles. The van der Waals surface area contributed by atoms with Gasteiger partial charge in [0, 0.05) is 57.4 Å². The van der Waals surface area contributed by atoms with Gasteiger partial charge in [-0.1, -0.05) is 24.3 Å². The predicted molar refractivity (Wildman–Crippen MR) is 144 cm³/mol. The Morgan fingerprint density at radius 3 is 2.50 bits per heavy atom. The first kappa shape index (κ1) is 26.8. The quantitative estimate of drug-likeness (QED) is 0.448. The van der Waals surface area contributed by atoms with Gasteiger partial charge in [-0.2, -0.15) is 0 Å². The van der Waals surface area contributed by atoms with Crippen LogP contribution >= 0.6 is 0 Å². The molecule has 0 unspecified atom stereocenters. The molecule has 10 nitrogen and oxygen atoms in total. The van der Waals surface area contributed by atoms with Crippen molar-refractivity contribution < 1.29 is 19.2 Å². The summed E-state index contributed by atoms with van der Waals surface area (Å²) in [6, 6.07) is 13.1. The number of nitrogens with zero attached hydrogens (tertiary/aromatic N) is 5. The van der Waals surface area contributed by atoms with Crippen molar-refractivity contribution in [2.75, 3.05) is 45.6 Å². The number of para-hydroxylation sites is 1. The molecule has 0 radical (unpaired) electrons. The molecule has 38 heavy (non-hydrogen) atoms. The number of fused-ring (bicyclic) bond motifs is 1. The topological polar surface area (TPSA) is 106 Å². The summed E-state index contributed by atoms with van der Waals surface area (Å²) in [5.74, 6) is -0.533. The lowest BCUT2D eigenvalue weighted by atomic mass is 10.0. The van der Waals surface area contributed by atoms with Crippen LogP contribution in [0.3, 0.4) is 0 Å². The molecule has 1 aromatic heterocycles. The Labute approximate surface area is 222 Å². The largest absolute Gasteiger partial charge is 0.345 e. The van der Waals surface area contributed by atoms with Crippen LogP contribution in [0.1, 0.15) is 29.8 Å². The average molecular weight is 519 g/mol. The van der Waals surface area contributed by atoms with E-state index in [4.69, 9.17) is 0 Å². The summed E-state index contributed by atoms with van der Waals surface area (Å²) in [6.45, 7) is 3.23. The van der Waals surface area contributed by atoms with Gasteiger partial charge in [0.1, 0.15) is 6.54 Å². The van der Waals surface area contributed by atoms with Gasteiger partial charge in [-0.15, -0.1) is 0 Å². The van der Waals surface area contributed by atoms with E-state index in [0.29, 0.717) is 44.6 Å². The maximum Gasteiger partial charge on any atom is 0.322 e. The van der Waals surface area contributed by atoms with E-state index < -0.39 is 0 Å². The Balaban J connectivity index is 1.39. The zero-order chi connectivity index (χ0) is 27.2. The van der Waals surface area contributed by atoms with Crippen molar-refractivity contribution >= 4 is 35.5 Å². The Bertz CT molecular complexity index is 1240. The summed E-state index contributed by atoms with van der Waals surface area (Å²) >= 11 is 0. The van der Waals surface area contributed by atoms with Crippen LogP contribution in [0, 0.1) is 6.92 Å². The summed E-state index contributed by atoms with van der Waals surface area (Å²) in [4.78, 5) is 61.3. The van der Waals surface area contributed by atoms with Gasteiger partial charge in [0.25, 0.3) is 5.91 Å². The number of anilines is 1. The van der Waals surface area contributed by atoms with E-state index in [1.807, 2.05) is 42.2 Å². The van der Waals surface area contributed by atoms with Crippen LogP contribution in [0.25, 0.3) is 5.57 Å². The summed E-state index contributed by atoms with van der Waals surface area (Å²) in [5.41, 5.74) is 3.36. The highest BCUT2D eigenvalue weighted by atomic mass is 16.2. The first-order valence-corrected chi connectivity index (χ1v) is 12.8. The third-order valence-electron chi connectivity index (χ3n) is 6.95. The maximum absolute atomic E-state index is 13.1. The highest BCUT2D eigenvalue weighted by molar-refractivity contribution is 6.18. The Kier molecular flexibility index (Phi) is 8.40. The van der Waals surface area contributed by atoms with Crippen molar-refractivity contribution in [1.82, 2.24) is 24.6 Å². The lowest BCUT2D eigenvalue weighted by Gasteiger charge is -2.38. The molecule has 1 N–H and O–H groups in total. The fraction of sp³-hybridized carbons (Fsp3) is 0.393. The van der Waals surface area contributed by atoms with Crippen molar-refractivity contribution in [2.24, 2.45) is 0 Å². The number of carbonyl (C=O) groups excluding carboxylic acids is 4. The lowest BCUT2D eigenvalue weighted by Crippen LogP contribution is -2.51. The molecule has 1 aromatic carbocycles. The van der Waals surface area contributed by atoms with E-state index in [9.17, 15) is 19.2 Å². The normalized spacial score (nSPS) is 16.3. The number of benzene rings is 1. The molecule has 3 heterocycles. The van der Waals surface area contributed by atoms with Crippen molar-refractivity contribution in [3.05, 3.63) is 65.6 Å². The number of rotatable bonds is 7. The molecule has 0 bridgehead atoms. The fourth-order valence-electron chi connectivity index (χ4n) is 4.87. The van der Waals surface area contributed by atoms with E-state index >= 15 is 0 Å². The molecule has 2 aliphatic rings. The van der Waals surface area contributed by atoms with E-state index in [0.717, 1.165) is 23.4 Å². The van der Waals surface area contributed by atoms with Crippen LogP contribution in [0.15, 0.2) is 48.7 Å². The van der Waals surface area contributed by atoms with Gasteiger partial charge in [-0.25, -0.2) is 4.79 Å². The summed E-state index contributed by atoms with van der Waals surface area (Å²) in [7, 11) is 3.24. The first-order valence-electron chi connectivity index (χ1n) is 12.8. The fourth-order valence-corrected chi connectivity index (χ4v) is 4.87. The van der Waals surface area contributed by atoms with Gasteiger partial charge in [-0.3, -0.25) is 19.4 Å². The van der Waals surface area contributed by atoms with Crippen molar-refractivity contribution in [2.45, 2.75) is 32.2 Å². The Morgan fingerprint density at radius 2 is 1.82 bits per heavy atom. The van der Waals surface area contributed by atoms with Crippen LogP contribution in [0.2, 0.25) is 0 Å².